The third-order valence-electron chi connectivity index (χ3n) is 1.88. The van der Waals surface area contributed by atoms with Crippen LogP contribution in [0.3, 0.4) is 0 Å². The summed E-state index contributed by atoms with van der Waals surface area (Å²) >= 11 is 0. The second-order valence-electron chi connectivity index (χ2n) is 2.90. The normalized spacial score (nSPS) is 8.78. The van der Waals surface area contributed by atoms with Crippen molar-refractivity contribution in [2.45, 2.75) is 0 Å². The maximum atomic E-state index is 8.46. The Bertz CT molecular complexity index is 391. The largest absolute Gasteiger partial charge is 0.324 e. The summed E-state index contributed by atoms with van der Waals surface area (Å²) in [5.74, 6) is 0. The molecular formula is C12H12O4P2. The van der Waals surface area contributed by atoms with E-state index in [1.54, 1.807) is 0 Å². The second kappa shape index (κ2) is 12.0. The van der Waals surface area contributed by atoms with E-state index in [2.05, 4.69) is 48.5 Å². The zero-order valence-corrected chi connectivity index (χ0v) is 11.2. The van der Waals surface area contributed by atoms with Crippen LogP contribution in [0.4, 0.5) is 0 Å². The molecule has 0 spiro atoms. The smallest absolute Gasteiger partial charge is 0.310 e. The van der Waals surface area contributed by atoms with Gasteiger partial charge in [-0.15, -0.1) is 0 Å². The minimum absolute atomic E-state index is 0.833. The van der Waals surface area contributed by atoms with Crippen LogP contribution in [0.2, 0.25) is 0 Å². The van der Waals surface area contributed by atoms with E-state index < -0.39 is 17.4 Å². The third kappa shape index (κ3) is 7.77. The summed E-state index contributed by atoms with van der Waals surface area (Å²) in [6.45, 7) is 0. The Hall–Kier alpha value is -1.44. The molecule has 2 N–H and O–H groups in total. The molecule has 0 aromatic heterocycles. The van der Waals surface area contributed by atoms with Crippen molar-refractivity contribution in [3.05, 3.63) is 60.7 Å². The Morgan fingerprint density at radius 2 is 0.833 bits per heavy atom. The van der Waals surface area contributed by atoms with Crippen LogP contribution in [0.25, 0.3) is 11.1 Å². The van der Waals surface area contributed by atoms with Gasteiger partial charge in [-0.3, -0.25) is 0 Å². The highest BCUT2D eigenvalue weighted by Gasteiger charge is 1.91. The number of rotatable bonds is 1. The molecule has 0 fully saturated rings. The van der Waals surface area contributed by atoms with E-state index in [9.17, 15) is 0 Å². The van der Waals surface area contributed by atoms with Crippen molar-refractivity contribution in [3.63, 3.8) is 0 Å². The Morgan fingerprint density at radius 1 is 0.611 bits per heavy atom. The fourth-order valence-electron chi connectivity index (χ4n) is 1.26. The third-order valence-corrected chi connectivity index (χ3v) is 1.88. The number of hydrogen-bond acceptors (Lipinski definition) is 2. The van der Waals surface area contributed by atoms with E-state index in [1.807, 2.05) is 12.1 Å². The molecule has 2 aromatic rings. The zero-order valence-electron chi connectivity index (χ0n) is 9.38. The van der Waals surface area contributed by atoms with Crippen LogP contribution in [0.5, 0.6) is 0 Å². The van der Waals surface area contributed by atoms with Crippen LogP contribution in [-0.2, 0) is 9.13 Å². The van der Waals surface area contributed by atoms with E-state index in [0.29, 0.717) is 0 Å². The standard InChI is InChI=1S/C12H10.2HO2P/c1-3-7-11(8-4-1)12-9-5-2-6-10-12;2*1-3-2/h1-10H;2*(H,1,2). The molecule has 18 heavy (non-hydrogen) atoms. The van der Waals surface area contributed by atoms with Gasteiger partial charge >= 0.3 is 17.4 Å². The molecule has 0 aliphatic rings. The summed E-state index contributed by atoms with van der Waals surface area (Å²) in [6.07, 6.45) is 0. The van der Waals surface area contributed by atoms with Gasteiger partial charge in [-0.2, -0.15) is 0 Å². The van der Waals surface area contributed by atoms with Crippen LogP contribution in [0.1, 0.15) is 0 Å². The van der Waals surface area contributed by atoms with Gasteiger partial charge in [-0.05, 0) is 11.1 Å². The van der Waals surface area contributed by atoms with Gasteiger partial charge in [0.2, 0.25) is 0 Å². The molecule has 0 saturated carbocycles. The van der Waals surface area contributed by atoms with E-state index in [-0.39, 0.29) is 0 Å². The lowest BCUT2D eigenvalue weighted by Gasteiger charge is -1.98. The molecule has 0 amide bonds. The van der Waals surface area contributed by atoms with Crippen molar-refractivity contribution in [1.29, 1.82) is 0 Å². The van der Waals surface area contributed by atoms with Crippen LogP contribution >= 0.6 is 17.4 Å². The van der Waals surface area contributed by atoms with Gasteiger partial charge < -0.3 is 9.79 Å². The molecule has 0 aliphatic heterocycles. The average molecular weight is 282 g/mol. The van der Waals surface area contributed by atoms with Crippen molar-refractivity contribution in [3.8, 4) is 11.1 Å². The van der Waals surface area contributed by atoms with E-state index in [4.69, 9.17) is 18.9 Å². The van der Waals surface area contributed by atoms with Gasteiger partial charge in [-0.1, -0.05) is 60.7 Å². The van der Waals surface area contributed by atoms with Crippen molar-refractivity contribution in [1.82, 2.24) is 0 Å². The van der Waals surface area contributed by atoms with Crippen molar-refractivity contribution in [2.75, 3.05) is 0 Å². The van der Waals surface area contributed by atoms with Crippen LogP contribution in [0.15, 0.2) is 60.7 Å². The van der Waals surface area contributed by atoms with Crippen molar-refractivity contribution in [2.24, 2.45) is 0 Å². The zero-order chi connectivity index (χ0) is 13.6. The maximum Gasteiger partial charge on any atom is 0.324 e. The van der Waals surface area contributed by atoms with Crippen LogP contribution < -0.4 is 0 Å². The molecule has 2 aromatic carbocycles. The Kier molecular flexibility index (Phi) is 11.1. The highest BCUT2D eigenvalue weighted by molar-refractivity contribution is 7.16. The Balaban J connectivity index is 0.000000414. The lowest BCUT2D eigenvalue weighted by atomic mass is 10.1. The van der Waals surface area contributed by atoms with Gasteiger partial charge in [0.05, 0.1) is 0 Å². The number of hydrogen-bond donors (Lipinski definition) is 2. The summed E-state index contributed by atoms with van der Waals surface area (Å²) in [5.41, 5.74) is 2.55. The molecule has 0 aliphatic carbocycles. The molecule has 0 bridgehead atoms. The van der Waals surface area contributed by atoms with Gasteiger partial charge in [0.15, 0.2) is 0 Å². The van der Waals surface area contributed by atoms with E-state index in [1.165, 1.54) is 11.1 Å². The Morgan fingerprint density at radius 3 is 1.06 bits per heavy atom. The van der Waals surface area contributed by atoms with Gasteiger partial charge in [-0.25, -0.2) is 9.13 Å². The molecule has 0 radical (unpaired) electrons. The maximum absolute atomic E-state index is 8.46. The summed E-state index contributed by atoms with van der Waals surface area (Å²) in [5, 5.41) is 0. The quantitative estimate of drug-likeness (QED) is 0.781. The molecule has 2 rings (SSSR count). The molecule has 94 valence electrons. The minimum Gasteiger partial charge on any atom is -0.310 e. The molecular weight excluding hydrogens is 270 g/mol. The van der Waals surface area contributed by atoms with E-state index >= 15 is 0 Å². The monoisotopic (exact) mass is 282 g/mol. The van der Waals surface area contributed by atoms with Crippen molar-refractivity contribution >= 4 is 17.4 Å². The highest BCUT2D eigenvalue weighted by atomic mass is 31.1. The van der Waals surface area contributed by atoms with E-state index in [0.717, 1.165) is 0 Å². The van der Waals surface area contributed by atoms with Crippen LogP contribution in [-0.4, -0.2) is 9.79 Å². The first kappa shape index (κ1) is 16.6. The molecule has 0 atom stereocenters. The fraction of sp³-hybridized carbons (Fsp3) is 0. The van der Waals surface area contributed by atoms with Crippen molar-refractivity contribution < 1.29 is 18.9 Å². The number of benzene rings is 2. The first-order chi connectivity index (χ1) is 8.79. The minimum atomic E-state index is -0.833. The first-order valence-electron chi connectivity index (χ1n) is 4.84. The first-order valence-corrected chi connectivity index (χ1v) is 6.37. The molecule has 4 nitrogen and oxygen atoms in total. The lowest BCUT2D eigenvalue weighted by Crippen LogP contribution is -1.73. The fourth-order valence-corrected chi connectivity index (χ4v) is 1.26. The summed E-state index contributed by atoms with van der Waals surface area (Å²) in [6, 6.07) is 20.8. The van der Waals surface area contributed by atoms with Gasteiger partial charge in [0.1, 0.15) is 0 Å². The van der Waals surface area contributed by atoms with Gasteiger partial charge in [0, 0.05) is 0 Å². The topological polar surface area (TPSA) is 74.6 Å². The van der Waals surface area contributed by atoms with Gasteiger partial charge in [0.25, 0.3) is 0 Å². The summed E-state index contributed by atoms with van der Waals surface area (Å²) in [4.78, 5) is 14.0. The SMILES string of the molecule is O=PO.O=PO.c1ccc(-c2ccccc2)cc1. The Labute approximate surface area is 109 Å². The average Bonchev–Trinajstić information content (AvgIpc) is 2.43. The summed E-state index contributed by atoms with van der Waals surface area (Å²) < 4.78 is 16.9. The summed E-state index contributed by atoms with van der Waals surface area (Å²) in [7, 11) is -1.67. The second-order valence-corrected chi connectivity index (χ2v) is 3.22. The highest BCUT2D eigenvalue weighted by Crippen LogP contribution is 2.17. The predicted molar refractivity (Wildman–Crippen MR) is 71.5 cm³/mol. The molecule has 0 heterocycles. The molecule has 6 heteroatoms. The predicted octanol–water partition coefficient (Wildman–Crippen LogP) is 3.72. The van der Waals surface area contributed by atoms with Crippen LogP contribution in [0, 0.1) is 0 Å². The molecule has 0 unspecified atom stereocenters. The lowest BCUT2D eigenvalue weighted by molar-refractivity contribution is 0.523. The molecule has 0 saturated heterocycles.